The van der Waals surface area contributed by atoms with E-state index < -0.39 is 28.7 Å². The van der Waals surface area contributed by atoms with Gasteiger partial charge in [0, 0.05) is 17.4 Å². The number of aromatic nitrogens is 2. The second kappa shape index (κ2) is 12.6. The van der Waals surface area contributed by atoms with Crippen LogP contribution in [0.3, 0.4) is 0 Å². The molecule has 2 aromatic rings. The zero-order valence-electron chi connectivity index (χ0n) is 33.5. The van der Waals surface area contributed by atoms with Crippen LogP contribution in [0.4, 0.5) is 0 Å². The zero-order chi connectivity index (χ0) is 39.4. The molecule has 7 rings (SSSR count). The van der Waals surface area contributed by atoms with Crippen LogP contribution in [0.1, 0.15) is 143 Å². The van der Waals surface area contributed by atoms with E-state index in [1.54, 1.807) is 26.0 Å². The number of rotatable bonds is 8. The fourth-order valence-corrected chi connectivity index (χ4v) is 13.0. The maximum atomic E-state index is 14.1. The van der Waals surface area contributed by atoms with Crippen molar-refractivity contribution in [3.63, 3.8) is 0 Å². The molecule has 2 N–H and O–H groups in total. The Balaban J connectivity index is 1.20. The number of hydrogen-bond acceptors (Lipinski definition) is 8. The summed E-state index contributed by atoms with van der Waals surface area (Å²) in [6.45, 7) is 19.4. The van der Waals surface area contributed by atoms with E-state index in [9.17, 15) is 29.4 Å². The van der Waals surface area contributed by atoms with Crippen LogP contribution >= 0.6 is 0 Å². The second-order valence-corrected chi connectivity index (χ2v) is 19.8. The Morgan fingerprint density at radius 1 is 0.889 bits per heavy atom. The third-order valence-corrected chi connectivity index (χ3v) is 16.0. The summed E-state index contributed by atoms with van der Waals surface area (Å²) < 4.78 is 12.7. The Bertz CT molecular complexity index is 1920. The number of hydrogen-bond donors (Lipinski definition) is 2. The van der Waals surface area contributed by atoms with E-state index >= 15 is 0 Å². The molecule has 0 amide bonds. The summed E-state index contributed by atoms with van der Waals surface area (Å²) in [5.74, 6) is -0.419. The molecule has 292 valence electrons. The van der Waals surface area contributed by atoms with Gasteiger partial charge in [-0.1, -0.05) is 48.5 Å². The van der Waals surface area contributed by atoms with Crippen LogP contribution in [0.25, 0.3) is 11.5 Å². The van der Waals surface area contributed by atoms with Crippen LogP contribution in [0.5, 0.6) is 0 Å². The van der Waals surface area contributed by atoms with Gasteiger partial charge in [0.2, 0.25) is 11.8 Å². The van der Waals surface area contributed by atoms with Crippen molar-refractivity contribution in [3.05, 3.63) is 46.9 Å². The summed E-state index contributed by atoms with van der Waals surface area (Å²) in [6.07, 6.45) is 7.37. The van der Waals surface area contributed by atoms with Gasteiger partial charge in [0.1, 0.15) is 6.10 Å². The van der Waals surface area contributed by atoms with Gasteiger partial charge < -0.3 is 19.4 Å². The first-order valence-corrected chi connectivity index (χ1v) is 20.0. The molecular weight excluding hydrogens is 684 g/mol. The molecule has 10 heteroatoms. The lowest BCUT2D eigenvalue weighted by Gasteiger charge is -2.72. The maximum Gasteiger partial charge on any atom is 0.335 e. The van der Waals surface area contributed by atoms with Crippen LogP contribution in [0.2, 0.25) is 0 Å². The Morgan fingerprint density at radius 3 is 2.20 bits per heavy atom. The number of benzene rings is 1. The van der Waals surface area contributed by atoms with Crippen molar-refractivity contribution in [2.75, 3.05) is 0 Å². The number of nitrogens with zero attached hydrogens (tertiary/aromatic N) is 2. The predicted octanol–water partition coefficient (Wildman–Crippen LogP) is 9.08. The summed E-state index contributed by atoms with van der Waals surface area (Å²) in [4.78, 5) is 50.4. The Kier molecular flexibility index (Phi) is 8.97. The third kappa shape index (κ3) is 5.46. The molecule has 1 heterocycles. The molecule has 4 fully saturated rings. The Labute approximate surface area is 318 Å². The first-order chi connectivity index (χ1) is 25.1. The molecule has 4 saturated carbocycles. The van der Waals surface area contributed by atoms with Gasteiger partial charge in [-0.3, -0.25) is 14.4 Å². The summed E-state index contributed by atoms with van der Waals surface area (Å²) in [6, 6.07) is 6.43. The quantitative estimate of drug-likeness (QED) is 0.250. The highest BCUT2D eigenvalue weighted by molar-refractivity contribution is 6.01. The molecule has 5 aliphatic carbocycles. The summed E-state index contributed by atoms with van der Waals surface area (Å²) in [5, 5.41) is 28.1. The van der Waals surface area contributed by atoms with Gasteiger partial charge in [-0.2, -0.15) is 0 Å². The molecule has 8 atom stereocenters. The van der Waals surface area contributed by atoms with Crippen molar-refractivity contribution in [2.24, 2.45) is 50.7 Å². The smallest absolute Gasteiger partial charge is 0.335 e. The van der Waals surface area contributed by atoms with E-state index in [4.69, 9.17) is 9.15 Å². The molecule has 1 aromatic heterocycles. The highest BCUT2D eigenvalue weighted by atomic mass is 16.5. The molecule has 0 saturated heterocycles. The number of fused-ring (bicyclic) bond motifs is 7. The van der Waals surface area contributed by atoms with Crippen molar-refractivity contribution >= 4 is 23.7 Å². The van der Waals surface area contributed by atoms with E-state index in [0.717, 1.165) is 56.9 Å². The minimum Gasteiger partial charge on any atom is -0.481 e. The molecule has 0 aliphatic heterocycles. The van der Waals surface area contributed by atoms with Crippen molar-refractivity contribution in [3.8, 4) is 11.5 Å². The fraction of sp³-hybridized carbons (Fsp3) is 0.682. The van der Waals surface area contributed by atoms with Crippen LogP contribution in [-0.4, -0.2) is 50.2 Å². The van der Waals surface area contributed by atoms with Gasteiger partial charge in [0.25, 0.3) is 0 Å². The standard InChI is InChI=1S/C44H58N2O8/c1-24(2)33-28(47)22-44(37-46-45-35(54-37)25-10-12-26(13-11-25)36(49)50)21-20-42(8)27(34(33)44)14-15-30-41(7)18-17-31(53-32(48)23-39(3,4)38(51)52)40(5,6)29(41)16-19-43(30,42)9/h10-13,24,27,29-31H,14-23H2,1-9H3,(H,49,50)(H,51,52)/t27-,29+,30-,31+,41+,42-,43-,44-/m1/s1. The lowest BCUT2D eigenvalue weighted by Crippen LogP contribution is -2.66. The first kappa shape index (κ1) is 38.5. The summed E-state index contributed by atoms with van der Waals surface area (Å²) in [5.41, 5.74) is 0.837. The van der Waals surface area contributed by atoms with Crippen LogP contribution < -0.4 is 0 Å². The number of ketones is 1. The molecule has 0 unspecified atom stereocenters. The molecule has 10 nitrogen and oxygen atoms in total. The number of ether oxygens (including phenoxy) is 1. The van der Waals surface area contributed by atoms with Gasteiger partial charge >= 0.3 is 17.9 Å². The van der Waals surface area contributed by atoms with Crippen molar-refractivity contribution < 1.29 is 38.5 Å². The van der Waals surface area contributed by atoms with Gasteiger partial charge in [0.15, 0.2) is 5.78 Å². The zero-order valence-corrected chi connectivity index (χ0v) is 33.5. The van der Waals surface area contributed by atoms with Crippen LogP contribution in [0.15, 0.2) is 39.8 Å². The second-order valence-electron chi connectivity index (χ2n) is 19.8. The monoisotopic (exact) mass is 742 g/mol. The molecular formula is C44H58N2O8. The van der Waals surface area contributed by atoms with Crippen molar-refractivity contribution in [1.82, 2.24) is 10.2 Å². The maximum absolute atomic E-state index is 14.1. The van der Waals surface area contributed by atoms with Gasteiger partial charge in [-0.05, 0) is 141 Å². The van der Waals surface area contributed by atoms with E-state index in [1.807, 2.05) is 0 Å². The van der Waals surface area contributed by atoms with Crippen molar-refractivity contribution in [2.45, 2.75) is 138 Å². The minimum atomic E-state index is -1.18. The average molecular weight is 743 g/mol. The molecule has 0 radical (unpaired) electrons. The van der Waals surface area contributed by atoms with Crippen LogP contribution in [-0.2, 0) is 24.5 Å². The fourth-order valence-electron chi connectivity index (χ4n) is 13.0. The van der Waals surface area contributed by atoms with E-state index in [-0.39, 0.29) is 57.4 Å². The molecule has 0 bridgehead atoms. The average Bonchev–Trinajstić information content (AvgIpc) is 3.70. The number of Topliss-reactive ketones (excluding diaryl/α,β-unsaturated/α-hetero) is 1. The number of carbonyl (C=O) groups is 4. The minimum absolute atomic E-state index is 0.00501. The third-order valence-electron chi connectivity index (χ3n) is 16.0. The molecule has 0 spiro atoms. The Hall–Kier alpha value is -3.82. The molecule has 1 aromatic carbocycles. The van der Waals surface area contributed by atoms with Gasteiger partial charge in [0.05, 0.1) is 22.8 Å². The highest BCUT2D eigenvalue weighted by Crippen LogP contribution is 2.76. The van der Waals surface area contributed by atoms with Gasteiger partial charge in [-0.15, -0.1) is 10.2 Å². The number of carboxylic acid groups (broad SMARTS) is 2. The first-order valence-electron chi connectivity index (χ1n) is 20.0. The number of allylic oxidation sites excluding steroid dienone is 2. The number of aliphatic carboxylic acids is 1. The van der Waals surface area contributed by atoms with E-state index in [1.165, 1.54) is 17.7 Å². The number of aromatic carboxylic acids is 1. The SMILES string of the molecule is CC(C)C1=C2[C@H]3CC[C@@H]4[C@@]5(C)CC[C@H](OC(=O)CC(C)(C)C(=O)O)C(C)(C)[C@@H]5CC[C@@]4(C)[C@]3(C)CC[C@@]2(c2nnc(-c3ccc(C(=O)O)cc3)o2)CC1=O. The lowest BCUT2D eigenvalue weighted by molar-refractivity contribution is -0.232. The van der Waals surface area contributed by atoms with E-state index in [2.05, 4.69) is 58.7 Å². The highest BCUT2D eigenvalue weighted by Gasteiger charge is 2.71. The number of esters is 1. The van der Waals surface area contributed by atoms with E-state index in [0.29, 0.717) is 35.6 Å². The van der Waals surface area contributed by atoms with Crippen molar-refractivity contribution in [1.29, 1.82) is 0 Å². The normalized spacial score (nSPS) is 35.9. The molecule has 5 aliphatic rings. The topological polar surface area (TPSA) is 157 Å². The number of carbonyl (C=O) groups excluding carboxylic acids is 2. The lowest BCUT2D eigenvalue weighted by atomic mass is 9.33. The number of carboxylic acids is 2. The summed E-state index contributed by atoms with van der Waals surface area (Å²) in [7, 11) is 0. The largest absolute Gasteiger partial charge is 0.481 e. The van der Waals surface area contributed by atoms with Gasteiger partial charge in [-0.25, -0.2) is 4.79 Å². The molecule has 54 heavy (non-hydrogen) atoms. The predicted molar refractivity (Wildman–Crippen MR) is 201 cm³/mol. The summed E-state index contributed by atoms with van der Waals surface area (Å²) >= 11 is 0. The Morgan fingerprint density at radius 2 is 1.57 bits per heavy atom. The van der Waals surface area contributed by atoms with Crippen LogP contribution in [0, 0.1) is 50.7 Å².